The molecule has 0 spiro atoms. The topological polar surface area (TPSA) is 46.3 Å². The lowest BCUT2D eigenvalue weighted by atomic mass is 9.71. The number of carbonyl (C=O) groups excluding carboxylic acids is 1. The van der Waals surface area contributed by atoms with Crippen molar-refractivity contribution in [1.82, 2.24) is 4.90 Å². The van der Waals surface area contributed by atoms with Gasteiger partial charge in [-0.05, 0) is 51.0 Å². The molecule has 0 radical (unpaired) electrons. The molecule has 4 heteroatoms. The molecule has 0 bridgehead atoms. The molecule has 1 atom stereocenters. The molecule has 1 saturated carbocycles. The van der Waals surface area contributed by atoms with E-state index in [1.165, 1.54) is 19.3 Å². The van der Waals surface area contributed by atoms with Crippen molar-refractivity contribution in [1.29, 1.82) is 0 Å². The van der Waals surface area contributed by atoms with E-state index in [0.717, 1.165) is 25.8 Å². The zero-order valence-corrected chi connectivity index (χ0v) is 14.1. The molecule has 2 fully saturated rings. The van der Waals surface area contributed by atoms with E-state index in [0.29, 0.717) is 24.8 Å². The Hall–Kier alpha value is -0.280. The molecule has 1 saturated heterocycles. The van der Waals surface area contributed by atoms with Crippen LogP contribution >= 0.6 is 12.4 Å². The first kappa shape index (κ1) is 17.8. The van der Waals surface area contributed by atoms with Crippen LogP contribution in [0.2, 0.25) is 0 Å². The molecule has 2 aliphatic rings. The van der Waals surface area contributed by atoms with Crippen LogP contribution in [0.25, 0.3) is 0 Å². The summed E-state index contributed by atoms with van der Waals surface area (Å²) in [5.41, 5.74) is 6.13. The van der Waals surface area contributed by atoms with Gasteiger partial charge in [-0.3, -0.25) is 4.79 Å². The smallest absolute Gasteiger partial charge is 0.223 e. The Morgan fingerprint density at radius 2 is 1.85 bits per heavy atom. The first-order valence-corrected chi connectivity index (χ1v) is 7.89. The fraction of sp³-hybridized carbons (Fsp3) is 0.938. The van der Waals surface area contributed by atoms with Crippen molar-refractivity contribution in [2.45, 2.75) is 71.3 Å². The molecule has 1 aliphatic carbocycles. The number of hydrogen-bond acceptors (Lipinski definition) is 2. The summed E-state index contributed by atoms with van der Waals surface area (Å²) in [7, 11) is 0. The van der Waals surface area contributed by atoms with Crippen molar-refractivity contribution in [2.24, 2.45) is 17.1 Å². The SMILES string of the molecule is CC1CN(C(=O)CC2(CN)CCCCC2)C(C)(C)C1.Cl. The molecule has 1 heterocycles. The summed E-state index contributed by atoms with van der Waals surface area (Å²) in [6.45, 7) is 8.23. The van der Waals surface area contributed by atoms with Gasteiger partial charge in [0.25, 0.3) is 0 Å². The van der Waals surface area contributed by atoms with Gasteiger partial charge in [0.2, 0.25) is 5.91 Å². The average Bonchev–Trinajstić information content (AvgIpc) is 2.63. The van der Waals surface area contributed by atoms with Crippen LogP contribution in [-0.2, 0) is 4.79 Å². The summed E-state index contributed by atoms with van der Waals surface area (Å²) < 4.78 is 0. The third-order valence-electron chi connectivity index (χ3n) is 5.25. The van der Waals surface area contributed by atoms with Crippen molar-refractivity contribution >= 4 is 18.3 Å². The van der Waals surface area contributed by atoms with E-state index in [2.05, 4.69) is 25.7 Å². The largest absolute Gasteiger partial charge is 0.337 e. The summed E-state index contributed by atoms with van der Waals surface area (Å²) >= 11 is 0. The number of hydrogen-bond donors (Lipinski definition) is 1. The lowest BCUT2D eigenvalue weighted by Gasteiger charge is -2.39. The predicted molar refractivity (Wildman–Crippen MR) is 86.0 cm³/mol. The van der Waals surface area contributed by atoms with Crippen molar-refractivity contribution < 1.29 is 4.79 Å². The third-order valence-corrected chi connectivity index (χ3v) is 5.25. The maximum Gasteiger partial charge on any atom is 0.223 e. The fourth-order valence-electron chi connectivity index (χ4n) is 4.20. The van der Waals surface area contributed by atoms with Gasteiger partial charge in [-0.2, -0.15) is 0 Å². The Kier molecular flexibility index (Phi) is 5.91. The summed E-state index contributed by atoms with van der Waals surface area (Å²) in [6, 6.07) is 0. The van der Waals surface area contributed by atoms with Crippen LogP contribution in [0.3, 0.4) is 0 Å². The van der Waals surface area contributed by atoms with Crippen LogP contribution in [0.4, 0.5) is 0 Å². The van der Waals surface area contributed by atoms with Gasteiger partial charge in [0.05, 0.1) is 0 Å². The molecule has 20 heavy (non-hydrogen) atoms. The molecule has 0 aromatic carbocycles. The quantitative estimate of drug-likeness (QED) is 0.869. The monoisotopic (exact) mass is 302 g/mol. The van der Waals surface area contributed by atoms with Gasteiger partial charge in [-0.15, -0.1) is 12.4 Å². The van der Waals surface area contributed by atoms with E-state index in [1.54, 1.807) is 0 Å². The predicted octanol–water partition coefficient (Wildman–Crippen LogP) is 3.35. The number of nitrogens with two attached hydrogens (primary N) is 1. The van der Waals surface area contributed by atoms with Crippen LogP contribution in [0.5, 0.6) is 0 Å². The summed E-state index contributed by atoms with van der Waals surface area (Å²) in [5, 5.41) is 0. The number of halogens is 1. The molecule has 3 nitrogen and oxygen atoms in total. The summed E-state index contributed by atoms with van der Waals surface area (Å²) in [4.78, 5) is 14.8. The lowest BCUT2D eigenvalue weighted by Crippen LogP contribution is -2.46. The van der Waals surface area contributed by atoms with Crippen molar-refractivity contribution in [3.8, 4) is 0 Å². The third kappa shape index (κ3) is 3.67. The highest BCUT2D eigenvalue weighted by molar-refractivity contribution is 5.85. The minimum atomic E-state index is 0. The van der Waals surface area contributed by atoms with E-state index in [1.807, 2.05) is 0 Å². The molecule has 1 aliphatic heterocycles. The molecule has 118 valence electrons. The first-order valence-electron chi connectivity index (χ1n) is 7.89. The molecule has 0 aromatic heterocycles. The van der Waals surface area contributed by atoms with Gasteiger partial charge < -0.3 is 10.6 Å². The van der Waals surface area contributed by atoms with Crippen LogP contribution < -0.4 is 5.73 Å². The van der Waals surface area contributed by atoms with Crippen LogP contribution in [0.1, 0.15) is 65.7 Å². The highest BCUT2D eigenvalue weighted by atomic mass is 35.5. The second kappa shape index (κ2) is 6.65. The Labute approximate surface area is 130 Å². The highest BCUT2D eigenvalue weighted by Crippen LogP contribution is 2.41. The van der Waals surface area contributed by atoms with E-state index in [4.69, 9.17) is 5.73 Å². The lowest BCUT2D eigenvalue weighted by molar-refractivity contribution is -0.137. The molecule has 1 amide bonds. The maximum absolute atomic E-state index is 12.7. The normalized spacial score (nSPS) is 28.0. The molecule has 2 N–H and O–H groups in total. The van der Waals surface area contributed by atoms with Gasteiger partial charge in [0.1, 0.15) is 0 Å². The number of amides is 1. The Morgan fingerprint density at radius 3 is 2.30 bits per heavy atom. The van der Waals surface area contributed by atoms with Crippen molar-refractivity contribution in [3.05, 3.63) is 0 Å². The Balaban J connectivity index is 0.00000200. The zero-order chi connectivity index (χ0) is 14.1. The van der Waals surface area contributed by atoms with Crippen LogP contribution in [-0.4, -0.2) is 29.4 Å². The average molecular weight is 303 g/mol. The van der Waals surface area contributed by atoms with Crippen LogP contribution in [0.15, 0.2) is 0 Å². The maximum atomic E-state index is 12.7. The van der Waals surface area contributed by atoms with E-state index >= 15 is 0 Å². The van der Waals surface area contributed by atoms with E-state index in [9.17, 15) is 4.79 Å². The van der Waals surface area contributed by atoms with Crippen molar-refractivity contribution in [3.63, 3.8) is 0 Å². The van der Waals surface area contributed by atoms with Gasteiger partial charge in [0.15, 0.2) is 0 Å². The van der Waals surface area contributed by atoms with Gasteiger partial charge >= 0.3 is 0 Å². The number of rotatable bonds is 3. The Morgan fingerprint density at radius 1 is 1.25 bits per heavy atom. The summed E-state index contributed by atoms with van der Waals surface area (Å²) in [6.07, 6.45) is 7.85. The zero-order valence-electron chi connectivity index (χ0n) is 13.3. The molecule has 0 aromatic rings. The highest BCUT2D eigenvalue weighted by Gasteiger charge is 2.42. The van der Waals surface area contributed by atoms with E-state index in [-0.39, 0.29) is 23.4 Å². The minimum absolute atomic E-state index is 0. The molecular formula is C16H31ClN2O. The fourth-order valence-corrected chi connectivity index (χ4v) is 4.20. The number of nitrogens with zero attached hydrogens (tertiary/aromatic N) is 1. The van der Waals surface area contributed by atoms with Crippen LogP contribution in [0, 0.1) is 11.3 Å². The summed E-state index contributed by atoms with van der Waals surface area (Å²) in [5.74, 6) is 0.959. The van der Waals surface area contributed by atoms with Gasteiger partial charge in [-0.1, -0.05) is 26.2 Å². The van der Waals surface area contributed by atoms with Gasteiger partial charge in [0, 0.05) is 18.5 Å². The second-order valence-corrected chi connectivity index (χ2v) is 7.57. The van der Waals surface area contributed by atoms with Crippen molar-refractivity contribution in [2.75, 3.05) is 13.1 Å². The Bertz CT molecular complexity index is 337. The van der Waals surface area contributed by atoms with E-state index < -0.39 is 0 Å². The first-order chi connectivity index (χ1) is 8.88. The number of carbonyl (C=O) groups is 1. The standard InChI is InChI=1S/C16H30N2O.ClH/c1-13-9-15(2,3)18(11-13)14(19)10-16(12-17)7-5-4-6-8-16;/h13H,4-12,17H2,1-3H3;1H. The number of likely N-dealkylation sites (tertiary alicyclic amines) is 1. The minimum Gasteiger partial charge on any atom is -0.337 e. The van der Waals surface area contributed by atoms with Gasteiger partial charge in [-0.25, -0.2) is 0 Å². The second-order valence-electron chi connectivity index (χ2n) is 7.57. The molecule has 1 unspecified atom stereocenters. The molecular weight excluding hydrogens is 272 g/mol. The molecule has 2 rings (SSSR count).